The van der Waals surface area contributed by atoms with Gasteiger partial charge in [0.2, 0.25) is 10.0 Å². The van der Waals surface area contributed by atoms with E-state index in [0.717, 1.165) is 4.31 Å². The zero-order valence-electron chi connectivity index (χ0n) is 17.2. The molecule has 1 fully saturated rings. The van der Waals surface area contributed by atoms with E-state index in [4.69, 9.17) is 10.5 Å². The second-order valence-corrected chi connectivity index (χ2v) is 8.96. The molecule has 166 valence electrons. The third-order valence-electron chi connectivity index (χ3n) is 4.93. The third-order valence-corrected chi connectivity index (χ3v) is 6.73. The largest absolute Gasteiger partial charge is 0.497 e. The van der Waals surface area contributed by atoms with Crippen molar-refractivity contribution in [2.24, 2.45) is 5.73 Å². The average Bonchev–Trinajstić information content (AvgIpc) is 3.23. The Morgan fingerprint density at radius 3 is 2.55 bits per heavy atom. The maximum atomic E-state index is 13.2. The van der Waals surface area contributed by atoms with Gasteiger partial charge in [-0.15, -0.1) is 0 Å². The van der Waals surface area contributed by atoms with Crippen LogP contribution in [0.1, 0.15) is 15.9 Å². The Morgan fingerprint density at radius 2 is 1.87 bits per heavy atom. The van der Waals surface area contributed by atoms with Crippen LogP contribution < -0.4 is 15.8 Å². The number of hydrogen-bond donors (Lipinski definition) is 2. The fraction of sp³-hybridized carbons (Fsp3) is 0.333. The molecule has 1 aliphatic rings. The Balaban J connectivity index is 1.91. The smallest absolute Gasteiger partial charge is 0.259 e. The van der Waals surface area contributed by atoms with E-state index in [2.05, 4.69) is 5.32 Å². The minimum atomic E-state index is -3.87. The molecule has 2 amide bonds. The summed E-state index contributed by atoms with van der Waals surface area (Å²) in [6.07, 6.45) is -1.29. The molecule has 0 bridgehead atoms. The lowest BCUT2D eigenvalue weighted by Crippen LogP contribution is -2.54. The van der Waals surface area contributed by atoms with E-state index < -0.39 is 28.0 Å². The van der Waals surface area contributed by atoms with Crippen LogP contribution in [0.3, 0.4) is 0 Å². The molecule has 31 heavy (non-hydrogen) atoms. The molecular weight excluding hydrogens is 420 g/mol. The van der Waals surface area contributed by atoms with Gasteiger partial charge in [-0.1, -0.05) is 36.4 Å². The molecular formula is C21H26N4O5S. The number of amides is 2. The van der Waals surface area contributed by atoms with Gasteiger partial charge in [0.05, 0.1) is 12.9 Å². The summed E-state index contributed by atoms with van der Waals surface area (Å²) in [7, 11) is -2.38. The predicted molar refractivity (Wildman–Crippen MR) is 116 cm³/mol. The number of methoxy groups -OCH3 is 1. The normalized spacial score (nSPS) is 16.8. The summed E-state index contributed by atoms with van der Waals surface area (Å²) in [6, 6.07) is 15.2. The lowest BCUT2D eigenvalue weighted by Gasteiger charge is -2.29. The van der Waals surface area contributed by atoms with Crippen LogP contribution >= 0.6 is 0 Å². The Bertz CT molecular complexity index is 1030. The number of nitrogens with two attached hydrogens (primary N) is 1. The van der Waals surface area contributed by atoms with Crippen LogP contribution in [0.15, 0.2) is 54.6 Å². The van der Waals surface area contributed by atoms with Crippen molar-refractivity contribution in [1.82, 2.24) is 14.5 Å². The van der Waals surface area contributed by atoms with Crippen molar-refractivity contribution < 1.29 is 22.7 Å². The molecule has 1 saturated heterocycles. The highest BCUT2D eigenvalue weighted by molar-refractivity contribution is 7.88. The topological polar surface area (TPSA) is 122 Å². The van der Waals surface area contributed by atoms with Crippen LogP contribution in [0.4, 0.5) is 0 Å². The molecule has 1 heterocycles. The molecule has 1 aliphatic heterocycles. The fourth-order valence-electron chi connectivity index (χ4n) is 3.46. The summed E-state index contributed by atoms with van der Waals surface area (Å²) in [5, 5.41) is 2.61. The maximum Gasteiger partial charge on any atom is 0.259 e. The summed E-state index contributed by atoms with van der Waals surface area (Å²) < 4.78 is 32.6. The monoisotopic (exact) mass is 446 g/mol. The van der Waals surface area contributed by atoms with Crippen molar-refractivity contribution in [2.75, 3.05) is 33.3 Å². The zero-order chi connectivity index (χ0) is 22.4. The number of ether oxygens (including phenoxy) is 1. The molecule has 0 saturated carbocycles. The first-order chi connectivity index (χ1) is 14.9. The van der Waals surface area contributed by atoms with Crippen LogP contribution in [-0.4, -0.2) is 68.9 Å². The highest BCUT2D eigenvalue weighted by atomic mass is 32.2. The third kappa shape index (κ3) is 5.22. The zero-order valence-corrected chi connectivity index (χ0v) is 18.0. The van der Waals surface area contributed by atoms with Crippen molar-refractivity contribution in [3.63, 3.8) is 0 Å². The molecule has 1 atom stereocenters. The highest BCUT2D eigenvalue weighted by Crippen LogP contribution is 2.25. The first-order valence-corrected chi connectivity index (χ1v) is 11.4. The first-order valence-electron chi connectivity index (χ1n) is 9.83. The van der Waals surface area contributed by atoms with Crippen molar-refractivity contribution >= 4 is 21.8 Å². The van der Waals surface area contributed by atoms with Crippen LogP contribution in [0, 0.1) is 0 Å². The minimum Gasteiger partial charge on any atom is -0.497 e. The van der Waals surface area contributed by atoms with E-state index in [1.807, 2.05) is 0 Å². The number of hydrogen-bond acceptors (Lipinski definition) is 6. The molecule has 1 unspecified atom stereocenters. The molecule has 0 aliphatic carbocycles. The van der Waals surface area contributed by atoms with Gasteiger partial charge in [0.15, 0.2) is 6.17 Å². The number of carbonyl (C=O) groups is 2. The van der Waals surface area contributed by atoms with E-state index in [-0.39, 0.29) is 31.9 Å². The van der Waals surface area contributed by atoms with Gasteiger partial charge in [-0.3, -0.25) is 9.59 Å². The molecule has 2 aromatic rings. The number of carbonyl (C=O) groups excluding carboxylic acids is 2. The predicted octanol–water partition coefficient (Wildman–Crippen LogP) is 0.384. The van der Waals surface area contributed by atoms with Gasteiger partial charge in [0, 0.05) is 31.7 Å². The fourth-order valence-corrected chi connectivity index (χ4v) is 5.11. The Labute approximate surface area is 181 Å². The number of nitrogens with zero attached hydrogens (tertiary/aromatic N) is 2. The molecule has 0 spiro atoms. The van der Waals surface area contributed by atoms with Crippen molar-refractivity contribution in [3.8, 4) is 5.75 Å². The molecule has 0 aromatic heterocycles. The van der Waals surface area contributed by atoms with Crippen LogP contribution in [-0.2, 0) is 20.6 Å². The molecule has 10 heteroatoms. The lowest BCUT2D eigenvalue weighted by molar-refractivity contribution is -0.127. The lowest BCUT2D eigenvalue weighted by atomic mass is 10.2. The van der Waals surface area contributed by atoms with Crippen LogP contribution in [0.25, 0.3) is 0 Å². The number of nitrogens with one attached hydrogen (secondary N) is 1. The van der Waals surface area contributed by atoms with Gasteiger partial charge >= 0.3 is 0 Å². The highest BCUT2D eigenvalue weighted by Gasteiger charge is 2.45. The minimum absolute atomic E-state index is 0.0194. The molecule has 0 radical (unpaired) electrons. The molecule has 9 nitrogen and oxygen atoms in total. The van der Waals surface area contributed by atoms with Crippen molar-refractivity contribution in [2.45, 2.75) is 11.9 Å². The van der Waals surface area contributed by atoms with Gasteiger partial charge in [-0.05, 0) is 23.8 Å². The molecule has 2 aromatic carbocycles. The number of rotatable bonds is 8. The maximum absolute atomic E-state index is 13.2. The summed E-state index contributed by atoms with van der Waals surface area (Å²) in [4.78, 5) is 27.3. The summed E-state index contributed by atoms with van der Waals surface area (Å²) >= 11 is 0. The van der Waals surface area contributed by atoms with Gasteiger partial charge in [0.1, 0.15) is 5.75 Å². The van der Waals surface area contributed by atoms with E-state index >= 15 is 0 Å². The summed E-state index contributed by atoms with van der Waals surface area (Å²) in [6.45, 7) is 0.471. The van der Waals surface area contributed by atoms with E-state index in [1.54, 1.807) is 54.6 Å². The second-order valence-electron chi connectivity index (χ2n) is 7.04. The van der Waals surface area contributed by atoms with Gasteiger partial charge in [0.25, 0.3) is 11.8 Å². The standard InChI is InChI=1S/C21H26N4O5S/c1-30-18-9-5-8-17(14-18)21(27)24-12-13-25(20(24)19(26)23-11-10-22)31(28,29)15-16-6-3-2-4-7-16/h2-9,14,20H,10-13,15,22H2,1H3,(H,23,26). The SMILES string of the molecule is COc1cccc(C(=O)N2CCN(S(=O)(=O)Cc3ccccc3)C2C(=O)NCCN)c1. The van der Waals surface area contributed by atoms with Crippen LogP contribution in [0.5, 0.6) is 5.75 Å². The van der Waals surface area contributed by atoms with Gasteiger partial charge < -0.3 is 20.7 Å². The van der Waals surface area contributed by atoms with E-state index in [1.165, 1.54) is 12.0 Å². The second kappa shape index (κ2) is 9.90. The van der Waals surface area contributed by atoms with Gasteiger partial charge in [-0.2, -0.15) is 4.31 Å². The number of benzene rings is 2. The Kier molecular flexibility index (Phi) is 7.26. The van der Waals surface area contributed by atoms with E-state index in [0.29, 0.717) is 16.9 Å². The summed E-state index contributed by atoms with van der Waals surface area (Å²) in [5.41, 5.74) is 6.38. The van der Waals surface area contributed by atoms with Gasteiger partial charge in [-0.25, -0.2) is 8.42 Å². The van der Waals surface area contributed by atoms with Crippen molar-refractivity contribution in [1.29, 1.82) is 0 Å². The van der Waals surface area contributed by atoms with Crippen molar-refractivity contribution in [3.05, 3.63) is 65.7 Å². The van der Waals surface area contributed by atoms with E-state index in [9.17, 15) is 18.0 Å². The number of sulfonamides is 1. The average molecular weight is 447 g/mol. The first kappa shape index (κ1) is 22.7. The molecule has 3 rings (SSSR count). The quantitative estimate of drug-likeness (QED) is 0.605. The summed E-state index contributed by atoms with van der Waals surface area (Å²) in [5.74, 6) is -0.821. The Morgan fingerprint density at radius 1 is 1.13 bits per heavy atom. The Hall–Kier alpha value is -2.95. The molecule has 3 N–H and O–H groups in total. The van der Waals surface area contributed by atoms with Crippen LogP contribution in [0.2, 0.25) is 0 Å².